The van der Waals surface area contributed by atoms with E-state index in [0.717, 1.165) is 15.7 Å². The SMILES string of the molecule is Cc1cccc(-c2ncc(NC(=O)OCc3ccccc3)c(=O)n2CC(=O)O)c1. The zero-order valence-electron chi connectivity index (χ0n) is 15.7. The molecule has 0 spiro atoms. The molecule has 3 aromatic rings. The average Bonchev–Trinajstić information content (AvgIpc) is 2.70. The van der Waals surface area contributed by atoms with Gasteiger partial charge in [-0.05, 0) is 18.6 Å². The summed E-state index contributed by atoms with van der Waals surface area (Å²) >= 11 is 0. The average molecular weight is 393 g/mol. The van der Waals surface area contributed by atoms with Crippen molar-refractivity contribution in [1.29, 1.82) is 0 Å². The normalized spacial score (nSPS) is 10.4. The summed E-state index contributed by atoms with van der Waals surface area (Å²) in [5.41, 5.74) is 1.47. The highest BCUT2D eigenvalue weighted by molar-refractivity contribution is 5.84. The van der Waals surface area contributed by atoms with E-state index >= 15 is 0 Å². The molecule has 29 heavy (non-hydrogen) atoms. The van der Waals surface area contributed by atoms with Gasteiger partial charge >= 0.3 is 12.1 Å². The molecule has 1 heterocycles. The van der Waals surface area contributed by atoms with Crippen molar-refractivity contribution in [2.24, 2.45) is 0 Å². The van der Waals surface area contributed by atoms with E-state index in [4.69, 9.17) is 4.74 Å². The molecule has 8 heteroatoms. The number of carbonyl (C=O) groups excluding carboxylic acids is 1. The molecule has 0 saturated heterocycles. The molecule has 1 aromatic heterocycles. The van der Waals surface area contributed by atoms with Gasteiger partial charge in [-0.3, -0.25) is 19.5 Å². The van der Waals surface area contributed by atoms with Gasteiger partial charge in [-0.2, -0.15) is 0 Å². The summed E-state index contributed by atoms with van der Waals surface area (Å²) in [5, 5.41) is 11.5. The Bertz CT molecular complexity index is 1090. The Morgan fingerprint density at radius 1 is 1.14 bits per heavy atom. The van der Waals surface area contributed by atoms with Crippen molar-refractivity contribution >= 4 is 17.7 Å². The molecule has 0 radical (unpaired) electrons. The number of aliphatic carboxylic acids is 1. The van der Waals surface area contributed by atoms with Crippen molar-refractivity contribution in [1.82, 2.24) is 9.55 Å². The van der Waals surface area contributed by atoms with Gasteiger partial charge in [0.15, 0.2) is 0 Å². The first-order chi connectivity index (χ1) is 13.9. The predicted octanol–water partition coefficient (Wildman–Crippen LogP) is 3.05. The van der Waals surface area contributed by atoms with E-state index in [9.17, 15) is 19.5 Å². The first kappa shape index (κ1) is 19.8. The molecule has 2 N–H and O–H groups in total. The summed E-state index contributed by atoms with van der Waals surface area (Å²) in [5.74, 6) is -1.00. The van der Waals surface area contributed by atoms with Gasteiger partial charge in [0.25, 0.3) is 5.56 Å². The van der Waals surface area contributed by atoms with Gasteiger partial charge in [0.1, 0.15) is 24.7 Å². The van der Waals surface area contributed by atoms with Crippen LogP contribution in [-0.4, -0.2) is 26.7 Å². The van der Waals surface area contributed by atoms with Crippen LogP contribution in [0.15, 0.2) is 65.6 Å². The zero-order chi connectivity index (χ0) is 20.8. The van der Waals surface area contributed by atoms with Crippen molar-refractivity contribution < 1.29 is 19.4 Å². The minimum absolute atomic E-state index is 0.0325. The monoisotopic (exact) mass is 393 g/mol. The second-order valence-electron chi connectivity index (χ2n) is 6.34. The Hall–Kier alpha value is -3.94. The molecule has 2 aromatic carbocycles. The maximum absolute atomic E-state index is 12.8. The number of aryl methyl sites for hydroxylation is 1. The molecular weight excluding hydrogens is 374 g/mol. The fourth-order valence-electron chi connectivity index (χ4n) is 2.74. The number of hydrogen-bond donors (Lipinski definition) is 2. The first-order valence-corrected chi connectivity index (χ1v) is 8.80. The number of anilines is 1. The van der Waals surface area contributed by atoms with Gasteiger partial charge < -0.3 is 9.84 Å². The maximum Gasteiger partial charge on any atom is 0.412 e. The molecule has 0 saturated carbocycles. The summed E-state index contributed by atoms with van der Waals surface area (Å²) in [4.78, 5) is 40.3. The van der Waals surface area contributed by atoms with E-state index in [0.29, 0.717) is 5.56 Å². The number of benzene rings is 2. The largest absolute Gasteiger partial charge is 0.480 e. The van der Waals surface area contributed by atoms with Crippen LogP contribution in [-0.2, 0) is 22.7 Å². The van der Waals surface area contributed by atoms with Gasteiger partial charge in [0.2, 0.25) is 0 Å². The molecule has 0 atom stereocenters. The summed E-state index contributed by atoms with van der Waals surface area (Å²) < 4.78 is 6.10. The van der Waals surface area contributed by atoms with Gasteiger partial charge in [-0.15, -0.1) is 0 Å². The smallest absolute Gasteiger partial charge is 0.412 e. The number of carbonyl (C=O) groups is 2. The molecule has 148 valence electrons. The fraction of sp³-hybridized carbons (Fsp3) is 0.143. The van der Waals surface area contributed by atoms with Gasteiger partial charge in [0.05, 0.1) is 6.20 Å². The second-order valence-corrected chi connectivity index (χ2v) is 6.34. The lowest BCUT2D eigenvalue weighted by Gasteiger charge is -2.13. The fourth-order valence-corrected chi connectivity index (χ4v) is 2.74. The number of nitrogens with one attached hydrogen (secondary N) is 1. The molecule has 0 aliphatic carbocycles. The minimum atomic E-state index is -1.20. The van der Waals surface area contributed by atoms with E-state index in [2.05, 4.69) is 10.3 Å². The summed E-state index contributed by atoms with van der Waals surface area (Å²) in [7, 11) is 0. The van der Waals surface area contributed by atoms with Crippen LogP contribution in [0.2, 0.25) is 0 Å². The van der Waals surface area contributed by atoms with Crippen molar-refractivity contribution in [2.75, 3.05) is 5.32 Å². The summed E-state index contributed by atoms with van der Waals surface area (Å²) in [6, 6.07) is 16.3. The topological polar surface area (TPSA) is 111 Å². The summed E-state index contributed by atoms with van der Waals surface area (Å²) in [6.45, 7) is 1.32. The first-order valence-electron chi connectivity index (χ1n) is 8.80. The third-order valence-corrected chi connectivity index (χ3v) is 4.07. The van der Waals surface area contributed by atoms with Crippen LogP contribution >= 0.6 is 0 Å². The van der Waals surface area contributed by atoms with Gasteiger partial charge in [-0.1, -0.05) is 54.1 Å². The molecule has 1 amide bonds. The quantitative estimate of drug-likeness (QED) is 0.666. The Labute approximate surface area is 166 Å². The van der Waals surface area contributed by atoms with E-state index in [1.165, 1.54) is 6.20 Å². The lowest BCUT2D eigenvalue weighted by Crippen LogP contribution is -2.30. The molecule has 0 unspecified atom stereocenters. The standard InChI is InChI=1S/C21H19N3O5/c1-14-6-5-9-16(10-14)19-22-11-17(20(27)24(19)12-18(25)26)23-21(28)29-13-15-7-3-2-4-8-15/h2-11H,12-13H2,1H3,(H,23,28)(H,25,26). The van der Waals surface area contributed by atoms with Crippen LogP contribution in [0.1, 0.15) is 11.1 Å². The van der Waals surface area contributed by atoms with Crippen LogP contribution in [0.5, 0.6) is 0 Å². The number of rotatable bonds is 6. The maximum atomic E-state index is 12.8. The Morgan fingerprint density at radius 2 is 1.90 bits per heavy atom. The molecule has 0 aliphatic heterocycles. The number of hydrogen-bond acceptors (Lipinski definition) is 5. The van der Waals surface area contributed by atoms with Crippen LogP contribution in [0.4, 0.5) is 10.5 Å². The van der Waals surface area contributed by atoms with Crippen LogP contribution in [0, 0.1) is 6.92 Å². The number of carboxylic acid groups (broad SMARTS) is 1. The number of amides is 1. The van der Waals surface area contributed by atoms with E-state index in [1.807, 2.05) is 31.2 Å². The number of ether oxygens (including phenoxy) is 1. The lowest BCUT2D eigenvalue weighted by molar-refractivity contribution is -0.137. The van der Waals surface area contributed by atoms with E-state index in [-0.39, 0.29) is 18.1 Å². The molecular formula is C21H19N3O5. The number of aromatic nitrogens is 2. The van der Waals surface area contributed by atoms with Crippen molar-refractivity contribution in [3.63, 3.8) is 0 Å². The van der Waals surface area contributed by atoms with Gasteiger partial charge in [-0.25, -0.2) is 9.78 Å². The number of nitrogens with zero attached hydrogens (tertiary/aromatic N) is 2. The van der Waals surface area contributed by atoms with Crippen LogP contribution < -0.4 is 10.9 Å². The molecule has 3 rings (SSSR count). The Morgan fingerprint density at radius 3 is 2.59 bits per heavy atom. The molecule has 0 bridgehead atoms. The highest BCUT2D eigenvalue weighted by Crippen LogP contribution is 2.18. The minimum Gasteiger partial charge on any atom is -0.480 e. The third kappa shape index (κ3) is 5.07. The molecule has 0 aliphatic rings. The van der Waals surface area contributed by atoms with Gasteiger partial charge in [0, 0.05) is 5.56 Å². The Balaban J connectivity index is 1.85. The highest BCUT2D eigenvalue weighted by atomic mass is 16.5. The van der Waals surface area contributed by atoms with Crippen molar-refractivity contribution in [2.45, 2.75) is 20.1 Å². The predicted molar refractivity (Wildman–Crippen MR) is 107 cm³/mol. The number of carboxylic acids is 1. The highest BCUT2D eigenvalue weighted by Gasteiger charge is 2.16. The van der Waals surface area contributed by atoms with E-state index < -0.39 is 24.2 Å². The second kappa shape index (κ2) is 8.83. The van der Waals surface area contributed by atoms with Crippen molar-refractivity contribution in [3.8, 4) is 11.4 Å². The third-order valence-electron chi connectivity index (χ3n) is 4.07. The Kier molecular flexibility index (Phi) is 6.03. The molecule has 0 fully saturated rings. The zero-order valence-corrected chi connectivity index (χ0v) is 15.7. The lowest BCUT2D eigenvalue weighted by atomic mass is 10.1. The van der Waals surface area contributed by atoms with E-state index in [1.54, 1.807) is 30.3 Å². The van der Waals surface area contributed by atoms with Crippen molar-refractivity contribution in [3.05, 3.63) is 82.3 Å². The van der Waals surface area contributed by atoms with Crippen LogP contribution in [0.3, 0.4) is 0 Å². The summed E-state index contributed by atoms with van der Waals surface area (Å²) in [6.07, 6.45) is 0.361. The molecule has 8 nitrogen and oxygen atoms in total. The van der Waals surface area contributed by atoms with Crippen LogP contribution in [0.25, 0.3) is 11.4 Å².